The number of halogens is 1. The van der Waals surface area contributed by atoms with Crippen molar-refractivity contribution in [2.75, 3.05) is 0 Å². The molecule has 1 aromatic heterocycles. The summed E-state index contributed by atoms with van der Waals surface area (Å²) in [5.41, 5.74) is 4.69. The third-order valence-electron chi connectivity index (χ3n) is 4.46. The molecule has 0 saturated carbocycles. The number of rotatable bonds is 2. The summed E-state index contributed by atoms with van der Waals surface area (Å²) in [7, 11) is 0. The molecule has 112 valence electrons. The SMILES string of the molecule is N#Cc1ccc(C2CCc3cncn32)cc1-c1ccc(F)cc1. The molecule has 3 nitrogen and oxygen atoms in total. The zero-order valence-corrected chi connectivity index (χ0v) is 12.4. The van der Waals surface area contributed by atoms with Gasteiger partial charge in [-0.05, 0) is 53.8 Å². The molecule has 3 aromatic rings. The van der Waals surface area contributed by atoms with Crippen LogP contribution in [-0.2, 0) is 6.42 Å². The summed E-state index contributed by atoms with van der Waals surface area (Å²) in [6.45, 7) is 0. The lowest BCUT2D eigenvalue weighted by molar-refractivity contribution is 0.616. The molecular formula is C19H14FN3. The summed E-state index contributed by atoms with van der Waals surface area (Å²) in [5, 5.41) is 9.38. The number of hydrogen-bond donors (Lipinski definition) is 0. The van der Waals surface area contributed by atoms with Gasteiger partial charge in [-0.2, -0.15) is 5.26 Å². The number of aryl methyl sites for hydroxylation is 1. The van der Waals surface area contributed by atoms with Gasteiger partial charge in [-0.25, -0.2) is 9.37 Å². The van der Waals surface area contributed by atoms with E-state index in [9.17, 15) is 9.65 Å². The largest absolute Gasteiger partial charge is 0.327 e. The number of nitrogens with zero attached hydrogens (tertiary/aromatic N) is 3. The van der Waals surface area contributed by atoms with Crippen molar-refractivity contribution in [2.24, 2.45) is 0 Å². The van der Waals surface area contributed by atoms with Gasteiger partial charge in [0.2, 0.25) is 0 Å². The lowest BCUT2D eigenvalue weighted by atomic mass is 9.94. The van der Waals surface area contributed by atoms with Crippen LogP contribution in [-0.4, -0.2) is 9.55 Å². The Hall–Kier alpha value is -2.93. The molecule has 0 aliphatic carbocycles. The maximum absolute atomic E-state index is 13.2. The Kier molecular flexibility index (Phi) is 3.20. The van der Waals surface area contributed by atoms with Crippen LogP contribution in [0.5, 0.6) is 0 Å². The third kappa shape index (κ3) is 2.31. The summed E-state index contributed by atoms with van der Waals surface area (Å²) >= 11 is 0. The average molecular weight is 303 g/mol. The van der Waals surface area contributed by atoms with Crippen LogP contribution in [0.25, 0.3) is 11.1 Å². The number of nitriles is 1. The fourth-order valence-corrected chi connectivity index (χ4v) is 3.29. The van der Waals surface area contributed by atoms with E-state index in [0.717, 1.165) is 29.5 Å². The minimum Gasteiger partial charge on any atom is -0.327 e. The number of hydrogen-bond acceptors (Lipinski definition) is 2. The molecule has 0 radical (unpaired) electrons. The molecule has 1 aliphatic heterocycles. The van der Waals surface area contributed by atoms with Crippen LogP contribution in [0.2, 0.25) is 0 Å². The molecular weight excluding hydrogens is 289 g/mol. The Labute approximate surface area is 133 Å². The van der Waals surface area contributed by atoms with E-state index in [0.29, 0.717) is 5.56 Å². The standard InChI is InChI=1S/C19H14FN3/c20-16-5-3-13(4-6-16)18-9-14(1-2-15(18)10-21)19-8-7-17-11-22-12-23(17)19/h1-6,9,11-12,19H,7-8H2. The van der Waals surface area contributed by atoms with Crippen molar-refractivity contribution in [1.82, 2.24) is 9.55 Å². The average Bonchev–Trinajstić information content (AvgIpc) is 3.18. The van der Waals surface area contributed by atoms with Crippen molar-refractivity contribution in [2.45, 2.75) is 18.9 Å². The maximum atomic E-state index is 13.2. The van der Waals surface area contributed by atoms with E-state index in [-0.39, 0.29) is 11.9 Å². The Morgan fingerprint density at radius 2 is 2.00 bits per heavy atom. The highest BCUT2D eigenvalue weighted by Gasteiger charge is 2.23. The van der Waals surface area contributed by atoms with Crippen LogP contribution in [0.4, 0.5) is 4.39 Å². The lowest BCUT2D eigenvalue weighted by Gasteiger charge is -2.15. The van der Waals surface area contributed by atoms with Gasteiger partial charge in [0.05, 0.1) is 24.0 Å². The van der Waals surface area contributed by atoms with Gasteiger partial charge in [0.15, 0.2) is 0 Å². The first-order chi connectivity index (χ1) is 11.3. The predicted octanol–water partition coefficient (Wildman–Crippen LogP) is 4.10. The Morgan fingerprint density at radius 3 is 2.78 bits per heavy atom. The van der Waals surface area contributed by atoms with Gasteiger partial charge in [0, 0.05) is 11.9 Å². The van der Waals surface area contributed by atoms with Crippen molar-refractivity contribution in [3.8, 4) is 17.2 Å². The number of aromatic nitrogens is 2. The number of fused-ring (bicyclic) bond motifs is 1. The van der Waals surface area contributed by atoms with Gasteiger partial charge in [0.25, 0.3) is 0 Å². The van der Waals surface area contributed by atoms with E-state index in [1.54, 1.807) is 12.1 Å². The van der Waals surface area contributed by atoms with E-state index in [1.807, 2.05) is 30.7 Å². The molecule has 0 saturated heterocycles. The number of imidazole rings is 1. The van der Waals surface area contributed by atoms with Crippen LogP contribution in [0.15, 0.2) is 55.0 Å². The van der Waals surface area contributed by atoms with Gasteiger partial charge in [-0.1, -0.05) is 18.2 Å². The summed E-state index contributed by atoms with van der Waals surface area (Å²) in [6, 6.07) is 14.7. The van der Waals surface area contributed by atoms with Crippen LogP contribution >= 0.6 is 0 Å². The fourth-order valence-electron chi connectivity index (χ4n) is 3.29. The molecule has 2 heterocycles. The van der Waals surface area contributed by atoms with Gasteiger partial charge in [-0.15, -0.1) is 0 Å². The number of benzene rings is 2. The van der Waals surface area contributed by atoms with Gasteiger partial charge in [0.1, 0.15) is 5.82 Å². The van der Waals surface area contributed by atoms with E-state index >= 15 is 0 Å². The van der Waals surface area contributed by atoms with Crippen molar-refractivity contribution in [3.63, 3.8) is 0 Å². The topological polar surface area (TPSA) is 41.6 Å². The molecule has 1 aliphatic rings. The normalized spacial score (nSPS) is 16.1. The van der Waals surface area contributed by atoms with Gasteiger partial charge >= 0.3 is 0 Å². The van der Waals surface area contributed by atoms with Crippen LogP contribution < -0.4 is 0 Å². The lowest BCUT2D eigenvalue weighted by Crippen LogP contribution is -2.05. The highest BCUT2D eigenvalue weighted by atomic mass is 19.1. The van der Waals surface area contributed by atoms with Crippen LogP contribution in [0.3, 0.4) is 0 Å². The minimum absolute atomic E-state index is 0.249. The van der Waals surface area contributed by atoms with Crippen LogP contribution in [0.1, 0.15) is 29.3 Å². The van der Waals surface area contributed by atoms with E-state index in [4.69, 9.17) is 0 Å². The first-order valence-electron chi connectivity index (χ1n) is 7.57. The second-order valence-corrected chi connectivity index (χ2v) is 5.77. The van der Waals surface area contributed by atoms with Crippen LogP contribution in [0, 0.1) is 17.1 Å². The maximum Gasteiger partial charge on any atom is 0.123 e. The quantitative estimate of drug-likeness (QED) is 0.715. The molecule has 1 unspecified atom stereocenters. The first-order valence-corrected chi connectivity index (χ1v) is 7.57. The van der Waals surface area contributed by atoms with E-state index in [1.165, 1.54) is 17.8 Å². The Balaban J connectivity index is 1.81. The summed E-state index contributed by atoms with van der Waals surface area (Å²) in [6.07, 6.45) is 5.82. The van der Waals surface area contributed by atoms with Crippen molar-refractivity contribution in [1.29, 1.82) is 5.26 Å². The monoisotopic (exact) mass is 303 g/mol. The van der Waals surface area contributed by atoms with E-state index in [2.05, 4.69) is 15.6 Å². The van der Waals surface area contributed by atoms with Gasteiger partial charge in [-0.3, -0.25) is 0 Å². The second kappa shape index (κ2) is 5.36. The minimum atomic E-state index is -0.276. The van der Waals surface area contributed by atoms with Crippen molar-refractivity contribution < 1.29 is 4.39 Å². The molecule has 0 N–H and O–H groups in total. The second-order valence-electron chi connectivity index (χ2n) is 5.77. The Bertz CT molecular complexity index is 903. The third-order valence-corrected chi connectivity index (χ3v) is 4.46. The zero-order valence-electron chi connectivity index (χ0n) is 12.4. The fraction of sp³-hybridized carbons (Fsp3) is 0.158. The zero-order chi connectivity index (χ0) is 15.8. The molecule has 0 spiro atoms. The molecule has 2 aromatic carbocycles. The highest BCUT2D eigenvalue weighted by Crippen LogP contribution is 2.34. The first kappa shape index (κ1) is 13.7. The molecule has 0 amide bonds. The molecule has 0 bridgehead atoms. The van der Waals surface area contributed by atoms with Crippen molar-refractivity contribution >= 4 is 0 Å². The molecule has 23 heavy (non-hydrogen) atoms. The molecule has 4 rings (SSSR count). The molecule has 4 heteroatoms. The van der Waals surface area contributed by atoms with Gasteiger partial charge < -0.3 is 4.57 Å². The molecule has 0 fully saturated rings. The summed E-state index contributed by atoms with van der Waals surface area (Å²) in [5.74, 6) is -0.276. The predicted molar refractivity (Wildman–Crippen MR) is 85.2 cm³/mol. The van der Waals surface area contributed by atoms with Crippen molar-refractivity contribution in [3.05, 3.63) is 77.6 Å². The summed E-state index contributed by atoms with van der Waals surface area (Å²) < 4.78 is 15.4. The highest BCUT2D eigenvalue weighted by molar-refractivity contribution is 5.71. The molecule has 1 atom stereocenters. The smallest absolute Gasteiger partial charge is 0.123 e. The summed E-state index contributed by atoms with van der Waals surface area (Å²) in [4.78, 5) is 4.21. The Morgan fingerprint density at radius 1 is 1.17 bits per heavy atom. The van der Waals surface area contributed by atoms with E-state index < -0.39 is 0 Å².